The number of hydrogen-bond donors (Lipinski definition) is 2. The zero-order valence-corrected chi connectivity index (χ0v) is 17.2. The van der Waals surface area contributed by atoms with E-state index in [2.05, 4.69) is 25.2 Å². The summed E-state index contributed by atoms with van der Waals surface area (Å²) < 4.78 is 0. The van der Waals surface area contributed by atoms with Crippen LogP contribution in [0.4, 0.5) is 4.79 Å². The lowest BCUT2D eigenvalue weighted by molar-refractivity contribution is -0.114. The van der Waals surface area contributed by atoms with Gasteiger partial charge in [0.25, 0.3) is 0 Å². The summed E-state index contributed by atoms with van der Waals surface area (Å²) in [6.07, 6.45) is 14.7. The molecule has 0 radical (unpaired) electrons. The maximum atomic E-state index is 12.2. The fourth-order valence-corrected chi connectivity index (χ4v) is 8.12. The number of primary amides is 1. The Morgan fingerprint density at radius 2 is 1.96 bits per heavy atom. The molecule has 0 spiro atoms. The van der Waals surface area contributed by atoms with Crippen LogP contribution in [0, 0.1) is 34.5 Å². The number of rotatable bonds is 3. The first kappa shape index (κ1) is 19.0. The van der Waals surface area contributed by atoms with Crippen molar-refractivity contribution in [2.75, 3.05) is 0 Å². The Morgan fingerprint density at radius 1 is 1.19 bits per heavy atom. The van der Waals surface area contributed by atoms with Crippen LogP contribution in [0.3, 0.4) is 0 Å². The smallest absolute Gasteiger partial charge is 0.313 e. The van der Waals surface area contributed by atoms with E-state index in [9.17, 15) is 9.59 Å². The van der Waals surface area contributed by atoms with Crippen LogP contribution in [0.5, 0.6) is 0 Å². The summed E-state index contributed by atoms with van der Waals surface area (Å²) in [5.41, 5.74) is 6.12. The largest absolute Gasteiger partial charge is 0.352 e. The van der Waals surface area contributed by atoms with Crippen LogP contribution in [0.25, 0.3) is 0 Å². The molecular formula is C23H36N2O2. The number of carbonyl (C=O) groups is 2. The zero-order chi connectivity index (χ0) is 19.4. The molecule has 2 amide bonds. The predicted octanol–water partition coefficient (Wildman–Crippen LogP) is 4.58. The van der Waals surface area contributed by atoms with Crippen LogP contribution in [-0.2, 0) is 4.79 Å². The van der Waals surface area contributed by atoms with E-state index in [0.717, 1.165) is 30.1 Å². The average molecular weight is 373 g/mol. The van der Waals surface area contributed by atoms with Crippen LogP contribution < -0.4 is 11.1 Å². The molecule has 4 aliphatic rings. The molecule has 27 heavy (non-hydrogen) atoms. The molecule has 4 rings (SSSR count). The minimum Gasteiger partial charge on any atom is -0.352 e. The molecule has 4 aliphatic carbocycles. The van der Waals surface area contributed by atoms with Gasteiger partial charge < -0.3 is 15.8 Å². The van der Waals surface area contributed by atoms with Crippen molar-refractivity contribution in [1.29, 1.82) is 0 Å². The minimum absolute atomic E-state index is 0.0107. The number of amides is 2. The number of nitrogens with two attached hydrogens (primary N) is 1. The summed E-state index contributed by atoms with van der Waals surface area (Å²) in [4.78, 5) is 23.8. The molecular weight excluding hydrogens is 336 g/mol. The van der Waals surface area contributed by atoms with Gasteiger partial charge in [-0.3, -0.25) is 0 Å². The molecule has 4 heteroatoms. The van der Waals surface area contributed by atoms with Crippen molar-refractivity contribution in [3.8, 4) is 0 Å². The van der Waals surface area contributed by atoms with E-state index in [-0.39, 0.29) is 5.41 Å². The molecule has 0 bridgehead atoms. The highest BCUT2D eigenvalue weighted by Crippen LogP contribution is 2.67. The number of fused-ring (bicyclic) bond motifs is 5. The standard InChI is InChI=1S/C23H36N2O2/c1-21-12-5-7-17(21)16-10-9-15-6-4-8-19(22(2,14-26)25-20(24)27)23(15,3)18(16)11-13-21/h8,14-18H,4-7,9-13H2,1-3H3,(H3,24,25,27)/t15?,16-,17-,18+,21-,22?,23-/m0/s1. The lowest BCUT2D eigenvalue weighted by Crippen LogP contribution is -2.60. The Bertz CT molecular complexity index is 673. The van der Waals surface area contributed by atoms with Gasteiger partial charge in [-0.25, -0.2) is 4.79 Å². The molecule has 4 nitrogen and oxygen atoms in total. The molecule has 3 N–H and O–H groups in total. The fraction of sp³-hybridized carbons (Fsp3) is 0.826. The number of hydrogen-bond acceptors (Lipinski definition) is 2. The van der Waals surface area contributed by atoms with E-state index in [4.69, 9.17) is 5.73 Å². The molecule has 0 aliphatic heterocycles. The normalized spacial score (nSPS) is 45.5. The van der Waals surface area contributed by atoms with E-state index >= 15 is 0 Å². The summed E-state index contributed by atoms with van der Waals surface area (Å²) >= 11 is 0. The van der Waals surface area contributed by atoms with Crippen molar-refractivity contribution in [3.63, 3.8) is 0 Å². The minimum atomic E-state index is -0.989. The topological polar surface area (TPSA) is 72.2 Å². The average Bonchev–Trinajstić information content (AvgIpc) is 3.02. The number of urea groups is 1. The number of allylic oxidation sites excluding steroid dienone is 1. The van der Waals surface area contributed by atoms with E-state index in [1.165, 1.54) is 51.4 Å². The molecule has 3 saturated carbocycles. The Kier molecular flexibility index (Phi) is 4.47. The molecule has 0 aromatic heterocycles. The van der Waals surface area contributed by atoms with Crippen molar-refractivity contribution in [1.82, 2.24) is 5.32 Å². The van der Waals surface area contributed by atoms with Crippen LogP contribution >= 0.6 is 0 Å². The first-order valence-corrected chi connectivity index (χ1v) is 11.0. The van der Waals surface area contributed by atoms with Gasteiger partial charge >= 0.3 is 6.03 Å². The number of nitrogens with one attached hydrogen (secondary N) is 1. The summed E-state index contributed by atoms with van der Waals surface area (Å²) in [6, 6.07) is -0.615. The van der Waals surface area contributed by atoms with Crippen LogP contribution in [0.2, 0.25) is 0 Å². The lowest BCUT2D eigenvalue weighted by atomic mass is 9.43. The molecule has 0 saturated heterocycles. The first-order chi connectivity index (χ1) is 12.7. The van der Waals surface area contributed by atoms with E-state index in [1.54, 1.807) is 0 Å². The highest BCUT2D eigenvalue weighted by atomic mass is 16.2. The molecule has 150 valence electrons. The zero-order valence-electron chi connectivity index (χ0n) is 17.2. The molecule has 2 unspecified atom stereocenters. The van der Waals surface area contributed by atoms with Gasteiger partial charge in [-0.05, 0) is 98.4 Å². The summed E-state index contributed by atoms with van der Waals surface area (Å²) in [5.74, 6) is 2.83. The third-order valence-electron chi connectivity index (χ3n) is 9.31. The Labute approximate surface area is 163 Å². The second kappa shape index (κ2) is 6.35. The Morgan fingerprint density at radius 3 is 2.67 bits per heavy atom. The van der Waals surface area contributed by atoms with Gasteiger partial charge in [-0.15, -0.1) is 0 Å². The van der Waals surface area contributed by atoms with Crippen LogP contribution in [0.15, 0.2) is 11.6 Å². The van der Waals surface area contributed by atoms with Gasteiger partial charge in [0.05, 0.1) is 0 Å². The summed E-state index contributed by atoms with van der Waals surface area (Å²) in [7, 11) is 0. The third kappa shape index (κ3) is 2.69. The summed E-state index contributed by atoms with van der Waals surface area (Å²) in [6.45, 7) is 6.77. The molecule has 0 heterocycles. The maximum absolute atomic E-state index is 12.2. The van der Waals surface area contributed by atoms with Crippen molar-refractivity contribution < 1.29 is 9.59 Å². The fourth-order valence-electron chi connectivity index (χ4n) is 8.12. The van der Waals surface area contributed by atoms with Gasteiger partial charge in [-0.2, -0.15) is 0 Å². The van der Waals surface area contributed by atoms with Gasteiger partial charge in [0.1, 0.15) is 11.8 Å². The van der Waals surface area contributed by atoms with Gasteiger partial charge in [0, 0.05) is 0 Å². The van der Waals surface area contributed by atoms with Crippen molar-refractivity contribution >= 4 is 12.3 Å². The van der Waals surface area contributed by atoms with E-state index in [0.29, 0.717) is 17.3 Å². The monoisotopic (exact) mass is 372 g/mol. The van der Waals surface area contributed by atoms with E-state index < -0.39 is 11.6 Å². The quantitative estimate of drug-likeness (QED) is 0.562. The van der Waals surface area contributed by atoms with Crippen molar-refractivity contribution in [3.05, 3.63) is 11.6 Å². The Balaban J connectivity index is 1.74. The van der Waals surface area contributed by atoms with Crippen LogP contribution in [0.1, 0.15) is 78.6 Å². The maximum Gasteiger partial charge on any atom is 0.313 e. The second-order valence-corrected chi connectivity index (χ2v) is 10.5. The van der Waals surface area contributed by atoms with Gasteiger partial charge in [0.15, 0.2) is 0 Å². The SMILES string of the molecule is CC(C=O)(NC(N)=O)C1=CCCC2CC[C@@H]3[C@@H](CC[C@]4(C)CCC[C@@H]34)[C@@]12C. The van der Waals surface area contributed by atoms with Gasteiger partial charge in [-0.1, -0.05) is 26.3 Å². The molecule has 0 aromatic rings. The molecule has 0 aromatic carbocycles. The van der Waals surface area contributed by atoms with Crippen molar-refractivity contribution in [2.24, 2.45) is 40.2 Å². The predicted molar refractivity (Wildman–Crippen MR) is 107 cm³/mol. The number of carbonyl (C=O) groups excluding carboxylic acids is 2. The Hall–Kier alpha value is -1.32. The summed E-state index contributed by atoms with van der Waals surface area (Å²) in [5, 5.41) is 2.79. The number of aldehydes is 1. The third-order valence-corrected chi connectivity index (χ3v) is 9.31. The first-order valence-electron chi connectivity index (χ1n) is 11.0. The molecule has 7 atom stereocenters. The van der Waals surface area contributed by atoms with Gasteiger partial charge in [0.2, 0.25) is 0 Å². The van der Waals surface area contributed by atoms with E-state index in [1.807, 2.05) is 6.92 Å². The lowest BCUT2D eigenvalue weighted by Gasteiger charge is -2.61. The highest BCUT2D eigenvalue weighted by Gasteiger charge is 2.60. The van der Waals surface area contributed by atoms with Crippen molar-refractivity contribution in [2.45, 2.75) is 84.1 Å². The van der Waals surface area contributed by atoms with Crippen LogP contribution in [-0.4, -0.2) is 17.9 Å². The second-order valence-electron chi connectivity index (χ2n) is 10.5. The highest BCUT2D eigenvalue weighted by molar-refractivity contribution is 5.82. The molecule has 3 fully saturated rings.